The molecule has 1 aromatic heterocycles. The molecule has 3 heterocycles. The van der Waals surface area contributed by atoms with Crippen LogP contribution in [0.4, 0.5) is 5.82 Å². The Bertz CT molecular complexity index is 894. The van der Waals surface area contributed by atoms with Crippen molar-refractivity contribution in [2.75, 3.05) is 25.0 Å². The molecule has 0 unspecified atom stereocenters. The van der Waals surface area contributed by atoms with E-state index in [1.54, 1.807) is 11.1 Å². The van der Waals surface area contributed by atoms with Crippen molar-refractivity contribution in [3.8, 4) is 0 Å². The SMILES string of the molecule is CN(c1ccc([C@@H]2CCC(=O)NC2=O)cn1)C1CCC(C(=O)N2CC[C@@H](C(=O)O)C2)CC1. The fraction of sp³-hybridized carbons (Fsp3) is 0.609. The van der Waals surface area contributed by atoms with Crippen LogP contribution >= 0.6 is 0 Å². The van der Waals surface area contributed by atoms with Gasteiger partial charge in [-0.15, -0.1) is 0 Å². The Labute approximate surface area is 187 Å². The van der Waals surface area contributed by atoms with Crippen molar-refractivity contribution in [3.63, 3.8) is 0 Å². The van der Waals surface area contributed by atoms with E-state index in [9.17, 15) is 19.2 Å². The van der Waals surface area contributed by atoms with Crippen LogP contribution in [-0.2, 0) is 19.2 Å². The van der Waals surface area contributed by atoms with Crippen LogP contribution in [0.15, 0.2) is 18.3 Å². The average Bonchev–Trinajstić information content (AvgIpc) is 3.29. The Morgan fingerprint density at radius 2 is 1.84 bits per heavy atom. The second kappa shape index (κ2) is 9.26. The largest absolute Gasteiger partial charge is 0.481 e. The number of carboxylic acids is 1. The smallest absolute Gasteiger partial charge is 0.308 e. The van der Waals surface area contributed by atoms with E-state index < -0.39 is 11.9 Å². The summed E-state index contributed by atoms with van der Waals surface area (Å²) in [5.41, 5.74) is 0.812. The third-order valence-electron chi connectivity index (χ3n) is 7.22. The first-order chi connectivity index (χ1) is 15.3. The van der Waals surface area contributed by atoms with Crippen molar-refractivity contribution in [2.24, 2.45) is 11.8 Å². The highest BCUT2D eigenvalue weighted by atomic mass is 16.4. The number of aliphatic carboxylic acids is 1. The van der Waals surface area contributed by atoms with Gasteiger partial charge < -0.3 is 14.9 Å². The van der Waals surface area contributed by atoms with Crippen LogP contribution in [0.3, 0.4) is 0 Å². The van der Waals surface area contributed by atoms with Gasteiger partial charge in [-0.1, -0.05) is 6.07 Å². The monoisotopic (exact) mass is 442 g/mol. The molecule has 2 N–H and O–H groups in total. The number of hydrogen-bond donors (Lipinski definition) is 2. The van der Waals surface area contributed by atoms with Crippen molar-refractivity contribution in [2.45, 2.75) is 56.9 Å². The van der Waals surface area contributed by atoms with E-state index in [2.05, 4.69) is 15.2 Å². The van der Waals surface area contributed by atoms with Gasteiger partial charge in [0.2, 0.25) is 17.7 Å². The molecule has 1 saturated carbocycles. The van der Waals surface area contributed by atoms with Gasteiger partial charge in [-0.05, 0) is 50.2 Å². The summed E-state index contributed by atoms with van der Waals surface area (Å²) in [5, 5.41) is 11.5. The zero-order valence-corrected chi connectivity index (χ0v) is 18.3. The van der Waals surface area contributed by atoms with Crippen molar-refractivity contribution < 1.29 is 24.3 Å². The molecule has 1 aliphatic carbocycles. The minimum atomic E-state index is -0.818. The number of nitrogens with one attached hydrogen (secondary N) is 1. The number of carbonyl (C=O) groups excluding carboxylic acids is 3. The topological polar surface area (TPSA) is 120 Å². The summed E-state index contributed by atoms with van der Waals surface area (Å²) in [6.45, 7) is 0.872. The van der Waals surface area contributed by atoms with Crippen LogP contribution in [0.1, 0.15) is 56.4 Å². The van der Waals surface area contributed by atoms with Crippen LogP contribution in [0, 0.1) is 11.8 Å². The molecule has 3 amide bonds. The number of nitrogens with zero attached hydrogens (tertiary/aromatic N) is 3. The van der Waals surface area contributed by atoms with E-state index in [1.165, 1.54) is 0 Å². The number of anilines is 1. The van der Waals surface area contributed by atoms with Gasteiger partial charge in [-0.2, -0.15) is 0 Å². The number of piperidine rings is 1. The normalized spacial score (nSPS) is 28.3. The summed E-state index contributed by atoms with van der Waals surface area (Å²) in [4.78, 5) is 55.8. The van der Waals surface area contributed by atoms with E-state index in [-0.39, 0.29) is 35.6 Å². The minimum absolute atomic E-state index is 0.0324. The number of carbonyl (C=O) groups is 4. The third-order valence-corrected chi connectivity index (χ3v) is 7.22. The number of aromatic nitrogens is 1. The summed E-state index contributed by atoms with van der Waals surface area (Å²) in [5.74, 6) is -1.20. The predicted octanol–water partition coefficient (Wildman–Crippen LogP) is 1.53. The average molecular weight is 443 g/mol. The summed E-state index contributed by atoms with van der Waals surface area (Å²) >= 11 is 0. The number of imide groups is 1. The first-order valence-electron chi connectivity index (χ1n) is 11.4. The predicted molar refractivity (Wildman–Crippen MR) is 116 cm³/mol. The van der Waals surface area contributed by atoms with Crippen LogP contribution in [0.5, 0.6) is 0 Å². The lowest BCUT2D eigenvalue weighted by molar-refractivity contribution is -0.142. The number of likely N-dealkylation sites (tertiary alicyclic amines) is 1. The molecule has 2 saturated heterocycles. The summed E-state index contributed by atoms with van der Waals surface area (Å²) < 4.78 is 0. The van der Waals surface area contributed by atoms with E-state index in [1.807, 2.05) is 19.2 Å². The molecular formula is C23H30N4O5. The van der Waals surface area contributed by atoms with Gasteiger partial charge in [-0.3, -0.25) is 24.5 Å². The fourth-order valence-corrected chi connectivity index (χ4v) is 5.14. The van der Waals surface area contributed by atoms with Crippen LogP contribution < -0.4 is 10.2 Å². The van der Waals surface area contributed by atoms with Crippen LogP contribution in [-0.4, -0.2) is 64.9 Å². The standard InChI is InChI=1S/C23H30N4O5/c1-26(19-8-4-15(12-24-19)18-7-9-20(28)25-21(18)29)17-5-2-14(3-6-17)22(30)27-11-10-16(13-27)23(31)32/h4,8,12,14,16-18H,2-3,5-7,9-11,13H2,1H3,(H,31,32)(H,25,28,29)/t14?,16-,17?,18+/m1/s1. The molecule has 9 heteroatoms. The maximum Gasteiger partial charge on any atom is 0.308 e. The molecule has 3 fully saturated rings. The van der Waals surface area contributed by atoms with Gasteiger partial charge in [0.25, 0.3) is 0 Å². The minimum Gasteiger partial charge on any atom is -0.481 e. The second-order valence-electron chi connectivity index (χ2n) is 9.18. The molecule has 2 atom stereocenters. The Hall–Kier alpha value is -2.97. The van der Waals surface area contributed by atoms with Crippen LogP contribution in [0.25, 0.3) is 0 Å². The number of amides is 3. The Kier molecular flexibility index (Phi) is 6.43. The Morgan fingerprint density at radius 1 is 1.09 bits per heavy atom. The molecule has 172 valence electrons. The van der Waals surface area contributed by atoms with E-state index in [4.69, 9.17) is 5.11 Å². The molecular weight excluding hydrogens is 412 g/mol. The molecule has 32 heavy (non-hydrogen) atoms. The number of rotatable bonds is 5. The first kappa shape index (κ1) is 22.2. The molecule has 0 spiro atoms. The molecule has 0 aromatic carbocycles. The van der Waals surface area contributed by atoms with Crippen molar-refractivity contribution in [1.82, 2.24) is 15.2 Å². The maximum atomic E-state index is 12.8. The molecule has 1 aromatic rings. The highest BCUT2D eigenvalue weighted by molar-refractivity contribution is 6.00. The Balaban J connectivity index is 1.30. The summed E-state index contributed by atoms with van der Waals surface area (Å²) in [7, 11) is 2.00. The first-order valence-corrected chi connectivity index (χ1v) is 11.4. The quantitative estimate of drug-likeness (QED) is 0.664. The van der Waals surface area contributed by atoms with Gasteiger partial charge in [0.1, 0.15) is 5.82 Å². The van der Waals surface area contributed by atoms with Crippen molar-refractivity contribution in [1.29, 1.82) is 0 Å². The highest BCUT2D eigenvalue weighted by Crippen LogP contribution is 2.32. The highest BCUT2D eigenvalue weighted by Gasteiger charge is 2.36. The van der Waals surface area contributed by atoms with E-state index in [0.717, 1.165) is 37.1 Å². The lowest BCUT2D eigenvalue weighted by atomic mass is 9.84. The summed E-state index contributed by atoms with van der Waals surface area (Å²) in [6.07, 6.45) is 6.43. The molecule has 2 aliphatic heterocycles. The van der Waals surface area contributed by atoms with E-state index >= 15 is 0 Å². The fourth-order valence-electron chi connectivity index (χ4n) is 5.14. The molecule has 0 radical (unpaired) electrons. The Morgan fingerprint density at radius 3 is 2.44 bits per heavy atom. The maximum absolute atomic E-state index is 12.8. The van der Waals surface area contributed by atoms with Gasteiger partial charge in [0, 0.05) is 44.7 Å². The van der Waals surface area contributed by atoms with Gasteiger partial charge in [0.15, 0.2) is 0 Å². The number of pyridine rings is 1. The molecule has 0 bridgehead atoms. The molecule has 3 aliphatic rings. The lowest BCUT2D eigenvalue weighted by Gasteiger charge is -2.36. The van der Waals surface area contributed by atoms with Gasteiger partial charge in [-0.25, -0.2) is 4.98 Å². The number of hydrogen-bond acceptors (Lipinski definition) is 6. The summed E-state index contributed by atoms with van der Waals surface area (Å²) in [6, 6.07) is 4.09. The zero-order chi connectivity index (χ0) is 22.8. The second-order valence-corrected chi connectivity index (χ2v) is 9.18. The van der Waals surface area contributed by atoms with Gasteiger partial charge in [0.05, 0.1) is 11.8 Å². The molecule has 4 rings (SSSR count). The lowest BCUT2D eigenvalue weighted by Crippen LogP contribution is -2.41. The van der Waals surface area contributed by atoms with Crippen molar-refractivity contribution in [3.05, 3.63) is 23.9 Å². The van der Waals surface area contributed by atoms with E-state index in [0.29, 0.717) is 32.4 Å². The molecule has 9 nitrogen and oxygen atoms in total. The van der Waals surface area contributed by atoms with Gasteiger partial charge >= 0.3 is 5.97 Å². The van der Waals surface area contributed by atoms with Crippen LogP contribution in [0.2, 0.25) is 0 Å². The zero-order valence-electron chi connectivity index (χ0n) is 18.3. The number of carboxylic acid groups (broad SMARTS) is 1. The van der Waals surface area contributed by atoms with Crippen molar-refractivity contribution >= 4 is 29.5 Å². The third kappa shape index (κ3) is 4.61.